The van der Waals surface area contributed by atoms with Gasteiger partial charge in [-0.05, 0) is 40.7 Å². The van der Waals surface area contributed by atoms with E-state index < -0.39 is 5.60 Å². The van der Waals surface area contributed by atoms with Crippen LogP contribution >= 0.6 is 0 Å². The molecule has 0 radical (unpaired) electrons. The lowest BCUT2D eigenvalue weighted by Crippen LogP contribution is -2.26. The molecule has 1 rings (SSSR count). The largest absolute Gasteiger partial charge is 0.390 e. The molecule has 0 aliphatic carbocycles. The van der Waals surface area contributed by atoms with Crippen LogP contribution in [0.4, 0.5) is 0 Å². The smallest absolute Gasteiger partial charge is 0.138 e. The van der Waals surface area contributed by atoms with Crippen molar-refractivity contribution < 1.29 is 9.63 Å². The maximum atomic E-state index is 9.51. The van der Waals surface area contributed by atoms with E-state index in [9.17, 15) is 5.11 Å². The van der Waals surface area contributed by atoms with Crippen molar-refractivity contribution in [1.82, 2.24) is 10.5 Å². The van der Waals surface area contributed by atoms with Crippen molar-refractivity contribution >= 4 is 0 Å². The standard InChI is InChI=1S/C11H20N2O2/c1-8-10(9(2)15-13-8)7-12-6-5-11(3,4)14/h12,14H,5-7H2,1-4H3. The van der Waals surface area contributed by atoms with Gasteiger partial charge in [0.05, 0.1) is 11.3 Å². The molecule has 0 amide bonds. The first-order valence-corrected chi connectivity index (χ1v) is 5.25. The molecule has 0 atom stereocenters. The Balaban J connectivity index is 2.32. The molecule has 0 saturated heterocycles. The molecule has 0 bridgehead atoms. The minimum Gasteiger partial charge on any atom is -0.390 e. The second kappa shape index (κ2) is 4.77. The highest BCUT2D eigenvalue weighted by Gasteiger charge is 2.12. The van der Waals surface area contributed by atoms with Gasteiger partial charge in [-0.25, -0.2) is 0 Å². The number of nitrogens with zero attached hydrogens (tertiary/aromatic N) is 1. The Labute approximate surface area is 90.7 Å². The van der Waals surface area contributed by atoms with Crippen LogP contribution in [0.25, 0.3) is 0 Å². The van der Waals surface area contributed by atoms with E-state index in [4.69, 9.17) is 4.52 Å². The summed E-state index contributed by atoms with van der Waals surface area (Å²) in [7, 11) is 0. The summed E-state index contributed by atoms with van der Waals surface area (Å²) < 4.78 is 5.05. The molecule has 86 valence electrons. The van der Waals surface area contributed by atoms with Gasteiger partial charge in [0.1, 0.15) is 5.76 Å². The van der Waals surface area contributed by atoms with E-state index in [2.05, 4.69) is 10.5 Å². The number of aliphatic hydroxyl groups is 1. The molecule has 0 aromatic carbocycles. The molecular weight excluding hydrogens is 192 g/mol. The zero-order valence-corrected chi connectivity index (χ0v) is 9.92. The fourth-order valence-electron chi connectivity index (χ4n) is 1.36. The Morgan fingerprint density at radius 1 is 1.40 bits per heavy atom. The quantitative estimate of drug-likeness (QED) is 0.727. The number of hydrogen-bond acceptors (Lipinski definition) is 4. The Bertz CT molecular complexity index is 293. The predicted molar refractivity (Wildman–Crippen MR) is 58.6 cm³/mol. The van der Waals surface area contributed by atoms with Crippen LogP contribution in [0.1, 0.15) is 37.3 Å². The minimum absolute atomic E-state index is 0.605. The van der Waals surface area contributed by atoms with E-state index in [1.54, 1.807) is 0 Å². The number of aromatic nitrogens is 1. The van der Waals surface area contributed by atoms with Crippen molar-refractivity contribution in [2.75, 3.05) is 6.54 Å². The van der Waals surface area contributed by atoms with Crippen LogP contribution in [0.3, 0.4) is 0 Å². The summed E-state index contributed by atoms with van der Waals surface area (Å²) in [5.41, 5.74) is 1.44. The summed E-state index contributed by atoms with van der Waals surface area (Å²) in [6, 6.07) is 0. The van der Waals surface area contributed by atoms with Crippen molar-refractivity contribution in [3.63, 3.8) is 0 Å². The summed E-state index contributed by atoms with van der Waals surface area (Å²) >= 11 is 0. The maximum Gasteiger partial charge on any atom is 0.138 e. The summed E-state index contributed by atoms with van der Waals surface area (Å²) in [5, 5.41) is 16.7. The fraction of sp³-hybridized carbons (Fsp3) is 0.727. The SMILES string of the molecule is Cc1noc(C)c1CNCCC(C)(C)O. The third-order valence-electron chi connectivity index (χ3n) is 2.40. The molecule has 0 aliphatic heterocycles. The average Bonchev–Trinajstić information content (AvgIpc) is 2.40. The van der Waals surface area contributed by atoms with Crippen LogP contribution in [0, 0.1) is 13.8 Å². The maximum absolute atomic E-state index is 9.51. The normalized spacial score (nSPS) is 12.1. The molecule has 4 heteroatoms. The number of hydrogen-bond donors (Lipinski definition) is 2. The monoisotopic (exact) mass is 212 g/mol. The second-order valence-electron chi connectivity index (χ2n) is 4.54. The fourth-order valence-corrected chi connectivity index (χ4v) is 1.36. The predicted octanol–water partition coefficient (Wildman–Crippen LogP) is 1.54. The Morgan fingerprint density at radius 2 is 2.07 bits per heavy atom. The van der Waals surface area contributed by atoms with E-state index in [1.807, 2.05) is 27.7 Å². The lowest BCUT2D eigenvalue weighted by molar-refractivity contribution is 0.0711. The van der Waals surface area contributed by atoms with Crippen molar-refractivity contribution in [2.45, 2.75) is 46.3 Å². The van der Waals surface area contributed by atoms with Gasteiger partial charge in [-0.1, -0.05) is 5.16 Å². The van der Waals surface area contributed by atoms with Gasteiger partial charge in [0.2, 0.25) is 0 Å². The molecule has 0 aliphatic rings. The Hall–Kier alpha value is -0.870. The molecule has 15 heavy (non-hydrogen) atoms. The van der Waals surface area contributed by atoms with Gasteiger partial charge in [0, 0.05) is 12.1 Å². The number of rotatable bonds is 5. The first-order valence-electron chi connectivity index (χ1n) is 5.25. The molecule has 0 fully saturated rings. The highest BCUT2D eigenvalue weighted by Crippen LogP contribution is 2.12. The molecule has 0 unspecified atom stereocenters. The minimum atomic E-state index is -0.605. The molecular formula is C11H20N2O2. The Morgan fingerprint density at radius 3 is 2.53 bits per heavy atom. The third-order valence-corrected chi connectivity index (χ3v) is 2.40. The van der Waals surface area contributed by atoms with Crippen LogP contribution in [-0.2, 0) is 6.54 Å². The van der Waals surface area contributed by atoms with Gasteiger partial charge in [0.25, 0.3) is 0 Å². The van der Waals surface area contributed by atoms with Crippen LogP contribution in [-0.4, -0.2) is 22.4 Å². The molecule has 1 heterocycles. The third kappa shape index (κ3) is 4.01. The summed E-state index contributed by atoms with van der Waals surface area (Å²) in [6.45, 7) is 9.00. The molecule has 1 aromatic rings. The summed E-state index contributed by atoms with van der Waals surface area (Å²) in [6.07, 6.45) is 0.733. The molecule has 0 spiro atoms. The highest BCUT2D eigenvalue weighted by molar-refractivity contribution is 5.20. The van der Waals surface area contributed by atoms with Gasteiger partial charge in [0.15, 0.2) is 0 Å². The van der Waals surface area contributed by atoms with Gasteiger partial charge >= 0.3 is 0 Å². The Kier molecular flexibility index (Phi) is 3.88. The first-order chi connectivity index (χ1) is 6.90. The first kappa shape index (κ1) is 12.2. The van der Waals surface area contributed by atoms with E-state index in [0.717, 1.165) is 36.5 Å². The zero-order chi connectivity index (χ0) is 11.5. The molecule has 4 nitrogen and oxygen atoms in total. The van der Waals surface area contributed by atoms with Gasteiger partial charge < -0.3 is 14.9 Å². The van der Waals surface area contributed by atoms with E-state index in [0.29, 0.717) is 0 Å². The molecule has 1 aromatic heterocycles. The van der Waals surface area contributed by atoms with E-state index >= 15 is 0 Å². The highest BCUT2D eigenvalue weighted by atomic mass is 16.5. The molecule has 0 saturated carbocycles. The van der Waals surface area contributed by atoms with Crippen LogP contribution in [0.15, 0.2) is 4.52 Å². The summed E-state index contributed by atoms with van der Waals surface area (Å²) in [5.74, 6) is 0.864. The van der Waals surface area contributed by atoms with Gasteiger partial charge in [-0.3, -0.25) is 0 Å². The number of nitrogens with one attached hydrogen (secondary N) is 1. The zero-order valence-electron chi connectivity index (χ0n) is 9.92. The summed E-state index contributed by atoms with van der Waals surface area (Å²) in [4.78, 5) is 0. The second-order valence-corrected chi connectivity index (χ2v) is 4.54. The van der Waals surface area contributed by atoms with Crippen molar-refractivity contribution in [1.29, 1.82) is 0 Å². The average molecular weight is 212 g/mol. The van der Waals surface area contributed by atoms with Crippen molar-refractivity contribution in [3.05, 3.63) is 17.0 Å². The van der Waals surface area contributed by atoms with Gasteiger partial charge in [-0.15, -0.1) is 0 Å². The lowest BCUT2D eigenvalue weighted by atomic mass is 10.1. The van der Waals surface area contributed by atoms with Crippen LogP contribution in [0.2, 0.25) is 0 Å². The molecule has 2 N–H and O–H groups in total. The van der Waals surface area contributed by atoms with Crippen molar-refractivity contribution in [3.8, 4) is 0 Å². The van der Waals surface area contributed by atoms with Crippen LogP contribution in [0.5, 0.6) is 0 Å². The van der Waals surface area contributed by atoms with Crippen molar-refractivity contribution in [2.24, 2.45) is 0 Å². The number of aryl methyl sites for hydroxylation is 2. The van der Waals surface area contributed by atoms with E-state index in [-0.39, 0.29) is 0 Å². The van der Waals surface area contributed by atoms with E-state index in [1.165, 1.54) is 0 Å². The lowest BCUT2D eigenvalue weighted by Gasteiger charge is -2.16. The van der Waals surface area contributed by atoms with Crippen LogP contribution < -0.4 is 5.32 Å². The van der Waals surface area contributed by atoms with Gasteiger partial charge in [-0.2, -0.15) is 0 Å². The topological polar surface area (TPSA) is 58.3 Å².